The van der Waals surface area contributed by atoms with Crippen molar-refractivity contribution in [2.45, 2.75) is 6.92 Å². The zero-order valence-electron chi connectivity index (χ0n) is 8.15. The first kappa shape index (κ1) is 9.21. The lowest BCUT2D eigenvalue weighted by molar-refractivity contribution is 0.415. The SMILES string of the molecule is COc1c(-c2ccccn2)csc1C. The molecule has 0 radical (unpaired) electrons. The van der Waals surface area contributed by atoms with Crippen LogP contribution in [0.3, 0.4) is 0 Å². The van der Waals surface area contributed by atoms with Gasteiger partial charge in [-0.3, -0.25) is 4.98 Å². The molecule has 2 heterocycles. The summed E-state index contributed by atoms with van der Waals surface area (Å²) in [7, 11) is 1.70. The molecule has 2 aromatic heterocycles. The van der Waals surface area contributed by atoms with Crippen molar-refractivity contribution in [3.63, 3.8) is 0 Å². The van der Waals surface area contributed by atoms with E-state index in [0.29, 0.717) is 0 Å². The highest BCUT2D eigenvalue weighted by molar-refractivity contribution is 7.10. The Labute approximate surface area is 87.2 Å². The number of rotatable bonds is 2. The second-order valence-corrected chi connectivity index (χ2v) is 4.04. The molecule has 0 saturated heterocycles. The zero-order chi connectivity index (χ0) is 9.97. The lowest BCUT2D eigenvalue weighted by Gasteiger charge is -2.02. The molecule has 0 fully saturated rings. The number of hydrogen-bond donors (Lipinski definition) is 0. The fourth-order valence-electron chi connectivity index (χ4n) is 1.40. The lowest BCUT2D eigenvalue weighted by Crippen LogP contribution is -1.86. The zero-order valence-corrected chi connectivity index (χ0v) is 8.97. The Morgan fingerprint density at radius 3 is 2.86 bits per heavy atom. The first-order valence-electron chi connectivity index (χ1n) is 4.36. The van der Waals surface area contributed by atoms with E-state index < -0.39 is 0 Å². The highest BCUT2D eigenvalue weighted by Crippen LogP contribution is 2.36. The van der Waals surface area contributed by atoms with Gasteiger partial charge in [0.1, 0.15) is 5.75 Å². The Balaban J connectivity index is 2.52. The number of aromatic nitrogens is 1. The maximum absolute atomic E-state index is 5.34. The average Bonchev–Trinajstić information content (AvgIpc) is 2.61. The summed E-state index contributed by atoms with van der Waals surface area (Å²) < 4.78 is 5.34. The molecule has 0 spiro atoms. The predicted octanol–water partition coefficient (Wildman–Crippen LogP) is 3.13. The van der Waals surface area contributed by atoms with E-state index in [1.807, 2.05) is 18.2 Å². The minimum atomic E-state index is 0.939. The molecule has 2 rings (SSSR count). The number of hydrogen-bond acceptors (Lipinski definition) is 3. The van der Waals surface area contributed by atoms with Gasteiger partial charge in [-0.05, 0) is 19.1 Å². The van der Waals surface area contributed by atoms with E-state index >= 15 is 0 Å². The molecule has 0 saturated carbocycles. The number of thiophene rings is 1. The quantitative estimate of drug-likeness (QED) is 0.751. The van der Waals surface area contributed by atoms with E-state index in [4.69, 9.17) is 4.74 Å². The van der Waals surface area contributed by atoms with Crippen LogP contribution in [-0.2, 0) is 0 Å². The molecule has 0 unspecified atom stereocenters. The van der Waals surface area contributed by atoms with Crippen molar-refractivity contribution in [1.82, 2.24) is 4.98 Å². The summed E-state index contributed by atoms with van der Waals surface area (Å²) in [6.07, 6.45) is 1.79. The first-order valence-corrected chi connectivity index (χ1v) is 5.24. The van der Waals surface area contributed by atoms with Gasteiger partial charge in [0.15, 0.2) is 0 Å². The molecule has 0 amide bonds. The van der Waals surface area contributed by atoms with Crippen molar-refractivity contribution in [2.75, 3.05) is 7.11 Å². The Kier molecular flexibility index (Phi) is 2.50. The average molecular weight is 205 g/mol. The molecule has 0 N–H and O–H groups in total. The first-order chi connectivity index (χ1) is 6.83. The van der Waals surface area contributed by atoms with Crippen molar-refractivity contribution in [3.05, 3.63) is 34.7 Å². The topological polar surface area (TPSA) is 22.1 Å². The van der Waals surface area contributed by atoms with Crippen LogP contribution in [0.15, 0.2) is 29.8 Å². The van der Waals surface area contributed by atoms with Crippen LogP contribution in [0.5, 0.6) is 5.75 Å². The van der Waals surface area contributed by atoms with Gasteiger partial charge in [-0.25, -0.2) is 0 Å². The van der Waals surface area contributed by atoms with E-state index in [2.05, 4.69) is 17.3 Å². The summed E-state index contributed by atoms with van der Waals surface area (Å²) in [5, 5.41) is 2.08. The normalized spacial score (nSPS) is 10.1. The van der Waals surface area contributed by atoms with E-state index in [-0.39, 0.29) is 0 Å². The van der Waals surface area contributed by atoms with Crippen LogP contribution < -0.4 is 4.74 Å². The minimum Gasteiger partial charge on any atom is -0.495 e. The van der Waals surface area contributed by atoms with Crippen molar-refractivity contribution >= 4 is 11.3 Å². The summed E-state index contributed by atoms with van der Waals surface area (Å²) in [6.45, 7) is 2.05. The van der Waals surface area contributed by atoms with Gasteiger partial charge in [0, 0.05) is 16.5 Å². The van der Waals surface area contributed by atoms with Crippen LogP contribution in [0.1, 0.15) is 4.88 Å². The molecular weight excluding hydrogens is 194 g/mol. The van der Waals surface area contributed by atoms with Gasteiger partial charge in [0.25, 0.3) is 0 Å². The largest absolute Gasteiger partial charge is 0.495 e. The van der Waals surface area contributed by atoms with E-state index in [1.54, 1.807) is 24.6 Å². The molecule has 2 nitrogen and oxygen atoms in total. The van der Waals surface area contributed by atoms with Crippen LogP contribution in [0.2, 0.25) is 0 Å². The maximum atomic E-state index is 5.34. The Hall–Kier alpha value is -1.35. The van der Waals surface area contributed by atoms with Crippen LogP contribution in [-0.4, -0.2) is 12.1 Å². The van der Waals surface area contributed by atoms with Crippen LogP contribution in [0, 0.1) is 6.92 Å². The maximum Gasteiger partial charge on any atom is 0.141 e. The second kappa shape index (κ2) is 3.80. The molecule has 72 valence electrons. The molecule has 2 aromatic rings. The van der Waals surface area contributed by atoms with Crippen molar-refractivity contribution in [3.8, 4) is 17.0 Å². The Morgan fingerprint density at radius 2 is 2.21 bits per heavy atom. The molecular formula is C11H11NOS. The highest BCUT2D eigenvalue weighted by Gasteiger charge is 2.10. The van der Waals surface area contributed by atoms with Gasteiger partial charge >= 0.3 is 0 Å². The summed E-state index contributed by atoms with van der Waals surface area (Å²) in [5.74, 6) is 0.939. The smallest absolute Gasteiger partial charge is 0.141 e. The van der Waals surface area contributed by atoms with Crippen LogP contribution in [0.4, 0.5) is 0 Å². The highest BCUT2D eigenvalue weighted by atomic mass is 32.1. The molecule has 0 aromatic carbocycles. The molecule has 0 aliphatic carbocycles. The molecule has 0 bridgehead atoms. The number of pyridine rings is 1. The van der Waals surface area contributed by atoms with Crippen molar-refractivity contribution in [1.29, 1.82) is 0 Å². The van der Waals surface area contributed by atoms with Gasteiger partial charge in [0.2, 0.25) is 0 Å². The second-order valence-electron chi connectivity index (χ2n) is 2.95. The monoisotopic (exact) mass is 205 g/mol. The molecule has 0 aliphatic heterocycles. The minimum absolute atomic E-state index is 0.939. The third-order valence-corrected chi connectivity index (χ3v) is 2.96. The van der Waals surface area contributed by atoms with E-state index in [9.17, 15) is 0 Å². The summed E-state index contributed by atoms with van der Waals surface area (Å²) in [5.41, 5.74) is 2.05. The van der Waals surface area contributed by atoms with Gasteiger partial charge in [-0.2, -0.15) is 0 Å². The number of aryl methyl sites for hydroxylation is 1. The summed E-state index contributed by atoms with van der Waals surface area (Å²) >= 11 is 1.69. The Bertz CT molecular complexity index is 422. The summed E-state index contributed by atoms with van der Waals surface area (Å²) in [6, 6.07) is 5.88. The fraction of sp³-hybridized carbons (Fsp3) is 0.182. The standard InChI is InChI=1S/C11H11NOS/c1-8-11(13-2)9(7-14-8)10-5-3-4-6-12-10/h3-7H,1-2H3. The van der Waals surface area contributed by atoms with Crippen LogP contribution >= 0.6 is 11.3 Å². The van der Waals surface area contributed by atoms with E-state index in [0.717, 1.165) is 17.0 Å². The molecule has 0 aliphatic rings. The molecule has 14 heavy (non-hydrogen) atoms. The number of ether oxygens (including phenoxy) is 1. The number of nitrogens with zero attached hydrogens (tertiary/aromatic N) is 1. The lowest BCUT2D eigenvalue weighted by atomic mass is 10.2. The van der Waals surface area contributed by atoms with Gasteiger partial charge in [0.05, 0.1) is 18.4 Å². The van der Waals surface area contributed by atoms with Crippen LogP contribution in [0.25, 0.3) is 11.3 Å². The van der Waals surface area contributed by atoms with Crippen molar-refractivity contribution in [2.24, 2.45) is 0 Å². The third-order valence-electron chi connectivity index (χ3n) is 2.06. The Morgan fingerprint density at radius 1 is 1.36 bits per heavy atom. The fourth-order valence-corrected chi connectivity index (χ4v) is 2.22. The molecule has 3 heteroatoms. The van der Waals surface area contributed by atoms with Gasteiger partial charge in [-0.15, -0.1) is 11.3 Å². The van der Waals surface area contributed by atoms with Crippen molar-refractivity contribution < 1.29 is 4.74 Å². The molecule has 0 atom stereocenters. The van der Waals surface area contributed by atoms with Gasteiger partial charge in [-0.1, -0.05) is 6.07 Å². The predicted molar refractivity (Wildman–Crippen MR) is 58.8 cm³/mol. The third kappa shape index (κ3) is 1.51. The van der Waals surface area contributed by atoms with E-state index in [1.165, 1.54) is 4.88 Å². The van der Waals surface area contributed by atoms with Gasteiger partial charge < -0.3 is 4.74 Å². The number of methoxy groups -OCH3 is 1. The summed E-state index contributed by atoms with van der Waals surface area (Å²) in [4.78, 5) is 5.49.